The average Bonchev–Trinajstić information content (AvgIpc) is 2.28. The molecule has 1 heterocycles. The minimum Gasteiger partial charge on any atom is -0.357 e. The minimum absolute atomic E-state index is 0.0630. The number of halogens is 4. The van der Waals surface area contributed by atoms with Gasteiger partial charge < -0.3 is 10.2 Å². The molecule has 1 aromatic rings. The van der Waals surface area contributed by atoms with E-state index in [4.69, 9.17) is 0 Å². The third kappa shape index (κ3) is 4.14. The van der Waals surface area contributed by atoms with Crippen LogP contribution in [0, 0.1) is 5.82 Å². The average molecular weight is 265 g/mol. The lowest BCUT2D eigenvalue weighted by Gasteiger charge is -2.20. The number of aromatic nitrogens is 1. The first-order valence-electron chi connectivity index (χ1n) is 5.41. The Morgan fingerprint density at radius 3 is 2.61 bits per heavy atom. The maximum absolute atomic E-state index is 13.9. The second-order valence-corrected chi connectivity index (χ2v) is 3.92. The molecule has 0 amide bonds. The Labute approximate surface area is 103 Å². The quantitative estimate of drug-likeness (QED) is 0.828. The maximum atomic E-state index is 13.9. The van der Waals surface area contributed by atoms with Gasteiger partial charge in [-0.2, -0.15) is 13.2 Å². The number of alkyl halides is 3. The third-order valence-corrected chi connectivity index (χ3v) is 2.41. The summed E-state index contributed by atoms with van der Waals surface area (Å²) in [7, 11) is 3.05. The molecule has 1 N–H and O–H groups in total. The molecular formula is C11H15F4N3. The number of nitrogens with one attached hydrogen (secondary N) is 1. The van der Waals surface area contributed by atoms with Crippen LogP contribution in [0.2, 0.25) is 0 Å². The maximum Gasteiger partial charge on any atom is 0.390 e. The molecule has 0 aliphatic heterocycles. The van der Waals surface area contributed by atoms with Crippen LogP contribution in [-0.4, -0.2) is 31.8 Å². The van der Waals surface area contributed by atoms with Crippen molar-refractivity contribution in [1.29, 1.82) is 0 Å². The van der Waals surface area contributed by atoms with E-state index in [9.17, 15) is 17.6 Å². The van der Waals surface area contributed by atoms with Crippen LogP contribution in [0.1, 0.15) is 12.0 Å². The number of nitrogens with zero attached hydrogens (tertiary/aromatic N) is 2. The Morgan fingerprint density at radius 1 is 1.39 bits per heavy atom. The summed E-state index contributed by atoms with van der Waals surface area (Å²) in [5.74, 6) is -0.650. The first-order chi connectivity index (χ1) is 8.35. The van der Waals surface area contributed by atoms with Gasteiger partial charge in [0.25, 0.3) is 0 Å². The highest BCUT2D eigenvalue weighted by molar-refractivity contribution is 5.42. The van der Waals surface area contributed by atoms with Gasteiger partial charge in [0.15, 0.2) is 11.6 Å². The van der Waals surface area contributed by atoms with Gasteiger partial charge >= 0.3 is 6.18 Å². The highest BCUT2D eigenvalue weighted by Crippen LogP contribution is 2.23. The number of pyridine rings is 1. The van der Waals surface area contributed by atoms with Crippen molar-refractivity contribution in [1.82, 2.24) is 10.3 Å². The molecule has 0 unspecified atom stereocenters. The largest absolute Gasteiger partial charge is 0.390 e. The molecule has 0 saturated carbocycles. The molecule has 1 rings (SSSR count). The van der Waals surface area contributed by atoms with E-state index >= 15 is 0 Å². The Hall–Kier alpha value is -1.37. The van der Waals surface area contributed by atoms with Gasteiger partial charge in [-0.25, -0.2) is 9.37 Å². The zero-order valence-electron chi connectivity index (χ0n) is 10.2. The molecule has 102 valence electrons. The van der Waals surface area contributed by atoms with Crippen molar-refractivity contribution in [2.75, 3.05) is 25.5 Å². The van der Waals surface area contributed by atoms with Crippen molar-refractivity contribution < 1.29 is 17.6 Å². The fourth-order valence-corrected chi connectivity index (χ4v) is 1.46. The third-order valence-electron chi connectivity index (χ3n) is 2.41. The topological polar surface area (TPSA) is 28.2 Å². The monoisotopic (exact) mass is 265 g/mol. The van der Waals surface area contributed by atoms with Crippen LogP contribution >= 0.6 is 0 Å². The normalized spacial score (nSPS) is 11.7. The summed E-state index contributed by atoms with van der Waals surface area (Å²) >= 11 is 0. The fourth-order valence-electron chi connectivity index (χ4n) is 1.46. The summed E-state index contributed by atoms with van der Waals surface area (Å²) in [6.45, 7) is -0.0229. The van der Waals surface area contributed by atoms with Crippen LogP contribution in [0.15, 0.2) is 12.3 Å². The van der Waals surface area contributed by atoms with E-state index in [-0.39, 0.29) is 12.4 Å². The van der Waals surface area contributed by atoms with Gasteiger partial charge in [0.05, 0.1) is 6.42 Å². The molecular weight excluding hydrogens is 250 g/mol. The van der Waals surface area contributed by atoms with Gasteiger partial charge in [-0.1, -0.05) is 0 Å². The van der Waals surface area contributed by atoms with E-state index in [1.165, 1.54) is 24.2 Å². The highest BCUT2D eigenvalue weighted by Gasteiger charge is 2.28. The first-order valence-corrected chi connectivity index (χ1v) is 5.41. The summed E-state index contributed by atoms with van der Waals surface area (Å²) in [4.78, 5) is 4.95. The molecule has 0 aliphatic rings. The van der Waals surface area contributed by atoms with E-state index in [2.05, 4.69) is 10.3 Å². The van der Waals surface area contributed by atoms with Crippen molar-refractivity contribution in [3.05, 3.63) is 23.6 Å². The zero-order chi connectivity index (χ0) is 13.8. The van der Waals surface area contributed by atoms with E-state index in [1.54, 1.807) is 7.05 Å². The Bertz CT molecular complexity index is 392. The van der Waals surface area contributed by atoms with E-state index < -0.39 is 18.4 Å². The minimum atomic E-state index is -4.26. The van der Waals surface area contributed by atoms with Crippen LogP contribution in [0.5, 0.6) is 0 Å². The second-order valence-electron chi connectivity index (χ2n) is 3.92. The predicted octanol–water partition coefficient (Wildman–Crippen LogP) is 2.33. The molecule has 7 heteroatoms. The van der Waals surface area contributed by atoms with E-state index in [0.717, 1.165) is 0 Å². The molecule has 3 nitrogen and oxygen atoms in total. The highest BCUT2D eigenvalue weighted by atomic mass is 19.4. The molecule has 0 aromatic carbocycles. The van der Waals surface area contributed by atoms with Crippen LogP contribution in [0.4, 0.5) is 23.4 Å². The molecule has 1 aromatic heterocycles. The first kappa shape index (κ1) is 14.7. The van der Waals surface area contributed by atoms with E-state index in [1.807, 2.05) is 0 Å². The van der Waals surface area contributed by atoms with E-state index in [0.29, 0.717) is 12.1 Å². The Balaban J connectivity index is 2.79. The molecule has 0 fully saturated rings. The fraction of sp³-hybridized carbons (Fsp3) is 0.545. The number of hydrogen-bond donors (Lipinski definition) is 1. The molecule has 0 saturated heterocycles. The molecule has 0 atom stereocenters. The van der Waals surface area contributed by atoms with Crippen molar-refractivity contribution in [3.63, 3.8) is 0 Å². The summed E-state index contributed by atoms with van der Waals surface area (Å²) < 4.78 is 50.1. The van der Waals surface area contributed by atoms with Gasteiger partial charge in [-0.15, -0.1) is 0 Å². The van der Waals surface area contributed by atoms with Gasteiger partial charge in [-0.05, 0) is 13.1 Å². The van der Waals surface area contributed by atoms with Crippen LogP contribution in [0.3, 0.4) is 0 Å². The molecule has 0 bridgehead atoms. The lowest BCUT2D eigenvalue weighted by atomic mass is 10.2. The molecule has 18 heavy (non-hydrogen) atoms. The van der Waals surface area contributed by atoms with Gasteiger partial charge in [0.2, 0.25) is 0 Å². The number of anilines is 1. The van der Waals surface area contributed by atoms with Crippen molar-refractivity contribution in [2.24, 2.45) is 0 Å². The second kappa shape index (κ2) is 5.99. The Kier molecular flexibility index (Phi) is 4.89. The van der Waals surface area contributed by atoms with Crippen molar-refractivity contribution in [3.8, 4) is 0 Å². The smallest absolute Gasteiger partial charge is 0.357 e. The van der Waals surface area contributed by atoms with Crippen LogP contribution in [0.25, 0.3) is 0 Å². The van der Waals surface area contributed by atoms with Crippen molar-refractivity contribution in [2.45, 2.75) is 19.1 Å². The van der Waals surface area contributed by atoms with Gasteiger partial charge in [0, 0.05) is 31.9 Å². The van der Waals surface area contributed by atoms with Crippen molar-refractivity contribution >= 4 is 5.82 Å². The standard InChI is InChI=1S/C11H15F4N3/c1-16-7-8-3-5-17-10(9(8)12)18(2)6-4-11(13,14)15/h3,5,16H,4,6-7H2,1-2H3. The van der Waals surface area contributed by atoms with Gasteiger partial charge in [0.1, 0.15) is 0 Å². The zero-order valence-corrected chi connectivity index (χ0v) is 10.2. The van der Waals surface area contributed by atoms with Gasteiger partial charge in [-0.3, -0.25) is 0 Å². The molecule has 0 radical (unpaired) electrons. The summed E-state index contributed by atoms with van der Waals surface area (Å²) in [5, 5.41) is 2.78. The molecule has 0 spiro atoms. The SMILES string of the molecule is CNCc1ccnc(N(C)CCC(F)(F)F)c1F. The predicted molar refractivity (Wildman–Crippen MR) is 60.9 cm³/mol. The Morgan fingerprint density at radius 2 is 2.06 bits per heavy atom. The van der Waals surface area contributed by atoms with Crippen LogP contribution < -0.4 is 10.2 Å². The van der Waals surface area contributed by atoms with Crippen LogP contribution in [-0.2, 0) is 6.54 Å². The number of hydrogen-bond acceptors (Lipinski definition) is 3. The summed E-state index contributed by atoms with van der Waals surface area (Å²) in [6.07, 6.45) is -3.87. The lowest BCUT2D eigenvalue weighted by molar-refractivity contribution is -0.132. The molecule has 0 aliphatic carbocycles. The summed E-state index contributed by atoms with van der Waals surface area (Å²) in [6, 6.07) is 1.49. The lowest BCUT2D eigenvalue weighted by Crippen LogP contribution is -2.26. The number of rotatable bonds is 5. The summed E-state index contributed by atoms with van der Waals surface area (Å²) in [5.41, 5.74) is 0.376.